The van der Waals surface area contributed by atoms with Crippen LogP contribution in [0.2, 0.25) is 0 Å². The summed E-state index contributed by atoms with van der Waals surface area (Å²) < 4.78 is 35.4. The molecular weight excluding hydrogens is 627 g/mol. The summed E-state index contributed by atoms with van der Waals surface area (Å²) >= 11 is 0. The van der Waals surface area contributed by atoms with E-state index in [1.807, 2.05) is 0 Å². The average Bonchev–Trinajstić information content (AvgIpc) is 2.57. The largest absolute Gasteiger partial charge is 0.461 e. The summed E-state index contributed by atoms with van der Waals surface area (Å²) in [5.41, 5.74) is 0.170. The van der Waals surface area contributed by atoms with Crippen molar-refractivity contribution in [2.75, 3.05) is 0 Å². The minimum atomic E-state index is -0.850. The Morgan fingerprint density at radius 3 is 1.38 bits per heavy atom. The zero-order chi connectivity index (χ0) is 19.9. The van der Waals surface area contributed by atoms with E-state index >= 15 is 0 Å². The molecule has 0 aliphatic heterocycles. The zero-order valence-corrected chi connectivity index (χ0v) is 19.1. The number of rotatable bonds is 0. The second kappa shape index (κ2) is 32.2. The van der Waals surface area contributed by atoms with Gasteiger partial charge in [-0.2, -0.15) is 13.2 Å². The first-order chi connectivity index (χ1) is 12.4. The predicted octanol–water partition coefficient (Wildman–Crippen LogP) is 1.94. The fourth-order valence-electron chi connectivity index (χ4n) is 1.12. The van der Waals surface area contributed by atoms with Crippen LogP contribution in [-0.4, -0.2) is 43.0 Å². The number of halogens is 4. The topological polar surface area (TPSA) is 138 Å². The number of hydrogen-bond donors (Lipinski definition) is 3. The summed E-state index contributed by atoms with van der Waals surface area (Å²) in [7, 11) is 3.50. The molecule has 0 fully saturated rings. The van der Waals surface area contributed by atoms with Gasteiger partial charge < -0.3 is 15.0 Å². The third kappa shape index (κ3) is 29.2. The third-order valence-corrected chi connectivity index (χ3v) is 2.06. The van der Waals surface area contributed by atoms with Gasteiger partial charge in [-0.25, -0.2) is 19.9 Å². The molecular formula is C15H23Ar3BF3IN6O3. The van der Waals surface area contributed by atoms with Gasteiger partial charge in [-0.15, -0.1) is 24.0 Å². The molecule has 0 aromatic carbocycles. The van der Waals surface area contributed by atoms with Gasteiger partial charge in [-0.05, 0) is 6.92 Å². The van der Waals surface area contributed by atoms with E-state index in [0.29, 0.717) is 6.07 Å². The molecule has 3 aromatic heterocycles. The Bertz CT molecular complexity index is 853. The Morgan fingerprint density at radius 1 is 0.781 bits per heavy atom. The number of nitrogens with one attached hydrogen (secondary N) is 2. The van der Waals surface area contributed by atoms with Crippen LogP contribution in [0.3, 0.4) is 0 Å². The smallest absolute Gasteiger partial charge is 0.277 e. The van der Waals surface area contributed by atoms with Crippen molar-refractivity contribution in [1.82, 2.24) is 29.9 Å². The second-order valence-corrected chi connectivity index (χ2v) is 3.95. The Balaban J connectivity index is -0.0000000413. The van der Waals surface area contributed by atoms with E-state index in [0.717, 1.165) is 24.4 Å². The molecule has 0 aliphatic rings. The number of aromatic amines is 2. The third-order valence-electron chi connectivity index (χ3n) is 2.06. The molecule has 0 atom stereocenters. The van der Waals surface area contributed by atoms with E-state index in [2.05, 4.69) is 38.0 Å². The van der Waals surface area contributed by atoms with Crippen LogP contribution < -0.4 is 11.1 Å². The molecule has 186 valence electrons. The van der Waals surface area contributed by atoms with Crippen molar-refractivity contribution < 1.29 is 133 Å². The summed E-state index contributed by atoms with van der Waals surface area (Å²) in [5, 5.41) is 6.50. The standard InChI is InChI=1S/C5H6N2O.C4H2F2N2.C4H3FN2O.2CH4.3Ar.BHO.HI.H2/c1-4-2-5(8)7-3-6-4;5-3-1-4(6)8-2-7-3;5-3-1-4(8)7-2-6-3;;;;;;1-2;;/h2-3H,1H3,(H,6,7,8);1-2H;1-2H,(H,6,7,8);2*1H4;;;;2H;2*1H. The number of nitrogens with zero attached hydrogens (tertiary/aromatic N) is 4. The average molecular weight is 650 g/mol. The molecule has 3 aromatic rings. The fraction of sp³-hybridized carbons (Fsp3) is 0.200. The first-order valence-electron chi connectivity index (χ1n) is 6.47. The first-order valence-corrected chi connectivity index (χ1v) is 6.47. The SMILES string of the molecule is C.C.Cc1cc(=O)[nH]cn1.Fc1cc(F)ncn1.I.O=c1cc(F)nc[nH]1.[Ar].[Ar].[Ar].[B]O.[HH]. The number of H-pyrrole nitrogens is 2. The maximum atomic E-state index is 11.8. The van der Waals surface area contributed by atoms with Crippen molar-refractivity contribution in [3.05, 3.63) is 81.4 Å². The Kier molecular flexibility index (Phi) is 50.4. The van der Waals surface area contributed by atoms with Gasteiger partial charge in [0, 0.05) is 132 Å². The fourth-order valence-corrected chi connectivity index (χ4v) is 1.12. The number of aryl methyl sites for hydroxylation is 1. The van der Waals surface area contributed by atoms with Gasteiger partial charge >= 0.3 is 0 Å². The van der Waals surface area contributed by atoms with Gasteiger partial charge in [-0.3, -0.25) is 9.59 Å². The van der Waals surface area contributed by atoms with E-state index in [1.54, 1.807) is 6.92 Å². The van der Waals surface area contributed by atoms with Gasteiger partial charge in [-0.1, -0.05) is 14.9 Å². The number of aromatic nitrogens is 6. The van der Waals surface area contributed by atoms with Crippen LogP contribution >= 0.6 is 24.0 Å². The summed E-state index contributed by atoms with van der Waals surface area (Å²) in [6, 6.07) is 2.83. The number of hydrogen-bond acceptors (Lipinski definition) is 7. The van der Waals surface area contributed by atoms with Crippen LogP contribution in [0.1, 0.15) is 22.0 Å². The maximum Gasteiger partial charge on any atom is 0.277 e. The van der Waals surface area contributed by atoms with Gasteiger partial charge in [0.25, 0.3) is 19.2 Å². The molecule has 3 heterocycles. The molecule has 17 heteroatoms. The summed E-state index contributed by atoms with van der Waals surface area (Å²) in [6.45, 7) is 1.77. The van der Waals surface area contributed by atoms with Crippen molar-refractivity contribution in [2.45, 2.75) is 21.8 Å². The molecule has 0 aliphatic carbocycles. The minimum Gasteiger partial charge on any atom is -0.461 e. The van der Waals surface area contributed by atoms with Gasteiger partial charge in [0.2, 0.25) is 17.8 Å². The first kappa shape index (κ1) is 50.1. The molecule has 0 saturated heterocycles. The van der Waals surface area contributed by atoms with Crippen LogP contribution in [0.4, 0.5) is 13.2 Å². The van der Waals surface area contributed by atoms with Gasteiger partial charge in [0.05, 0.1) is 18.7 Å². The van der Waals surface area contributed by atoms with E-state index < -0.39 is 23.4 Å². The Hall–Kier alpha value is 1.16. The predicted molar refractivity (Wildman–Crippen MR) is 115 cm³/mol. The van der Waals surface area contributed by atoms with E-state index in [-0.39, 0.29) is 159 Å². The summed E-state index contributed by atoms with van der Waals surface area (Å²) in [5.74, 6) is -2.45. The second-order valence-electron chi connectivity index (χ2n) is 3.95. The van der Waals surface area contributed by atoms with E-state index in [4.69, 9.17) is 5.02 Å². The van der Waals surface area contributed by atoms with Crippen LogP contribution in [0, 0.1) is 138 Å². The van der Waals surface area contributed by atoms with Crippen molar-refractivity contribution in [2.24, 2.45) is 0 Å². The van der Waals surface area contributed by atoms with Crippen molar-refractivity contribution >= 4 is 32.0 Å². The van der Waals surface area contributed by atoms with Crippen LogP contribution in [0.25, 0.3) is 0 Å². The van der Waals surface area contributed by atoms with Crippen molar-refractivity contribution in [1.29, 1.82) is 0 Å². The monoisotopic (exact) mass is 650 g/mol. The van der Waals surface area contributed by atoms with Crippen LogP contribution in [0.5, 0.6) is 0 Å². The van der Waals surface area contributed by atoms with Gasteiger partial charge in [0.15, 0.2) is 0 Å². The normalized spacial score (nSPS) is 7.03. The van der Waals surface area contributed by atoms with Crippen molar-refractivity contribution in [3.63, 3.8) is 0 Å². The molecule has 9 nitrogen and oxygen atoms in total. The quantitative estimate of drug-likeness (QED) is 0.192. The minimum absolute atomic E-state index is 0. The summed E-state index contributed by atoms with van der Waals surface area (Å²) in [6.07, 6.45) is 3.22. The summed E-state index contributed by atoms with van der Waals surface area (Å²) in [4.78, 5) is 38.1. The molecule has 32 heavy (non-hydrogen) atoms. The zero-order valence-electron chi connectivity index (χ0n) is 14.7. The molecule has 0 saturated carbocycles. The molecule has 2 radical (unpaired) electrons. The molecule has 0 amide bonds. The Morgan fingerprint density at radius 2 is 1.16 bits per heavy atom. The molecule has 0 spiro atoms. The van der Waals surface area contributed by atoms with E-state index in [9.17, 15) is 22.8 Å². The molecule has 3 rings (SSSR count). The molecule has 3 N–H and O–H groups in total. The Labute approximate surface area is 293 Å². The van der Waals surface area contributed by atoms with Crippen LogP contribution in [0.15, 0.2) is 46.8 Å². The van der Waals surface area contributed by atoms with E-state index in [1.165, 1.54) is 12.4 Å². The van der Waals surface area contributed by atoms with Gasteiger partial charge in [0.1, 0.15) is 6.33 Å². The van der Waals surface area contributed by atoms with Crippen molar-refractivity contribution in [3.8, 4) is 0 Å². The molecule has 0 bridgehead atoms. The van der Waals surface area contributed by atoms with Crippen LogP contribution in [-0.2, 0) is 0 Å². The maximum absolute atomic E-state index is 11.8. The molecule has 0 unspecified atom stereocenters.